The maximum absolute atomic E-state index is 8.51. The van der Waals surface area contributed by atoms with Gasteiger partial charge in [-0.3, -0.25) is 0 Å². The number of benzene rings is 8. The summed E-state index contributed by atoms with van der Waals surface area (Å²) in [7, 11) is -0.336. The number of rotatable bonds is 4. The van der Waals surface area contributed by atoms with Crippen molar-refractivity contribution in [2.24, 2.45) is 0 Å². The molecule has 10 aromatic rings. The first kappa shape index (κ1) is 45.2. The molecule has 322 valence electrons. The third kappa shape index (κ3) is 8.97. The molecular weight excluding hydrogens is 1060 g/mol. The van der Waals surface area contributed by atoms with Crippen LogP contribution in [0.4, 0.5) is 5.69 Å². The Bertz CT molecular complexity index is 3370. The molecule has 0 saturated carbocycles. The van der Waals surface area contributed by atoms with Gasteiger partial charge < -0.3 is 18.4 Å². The fourth-order valence-electron chi connectivity index (χ4n) is 8.39. The fourth-order valence-corrected chi connectivity index (χ4v) is 10.5. The van der Waals surface area contributed by atoms with Gasteiger partial charge in [0.05, 0.1) is 51.5 Å². The number of hydrogen-bond donors (Lipinski definition) is 0. The third-order valence-corrected chi connectivity index (χ3v) is 13.8. The lowest BCUT2D eigenvalue weighted by Gasteiger charge is -2.32. The summed E-state index contributed by atoms with van der Waals surface area (Å²) in [6.07, 6.45) is 0. The van der Waals surface area contributed by atoms with Gasteiger partial charge in [0.1, 0.15) is 0 Å². The van der Waals surface area contributed by atoms with Crippen molar-refractivity contribution in [1.29, 1.82) is 5.26 Å². The molecule has 1 aliphatic rings. The molecule has 1 fully saturated rings. The van der Waals surface area contributed by atoms with E-state index in [2.05, 4.69) is 248 Å². The summed E-state index contributed by atoms with van der Waals surface area (Å²) in [6.45, 7) is 15.6. The fraction of sp³-hybridized carbons (Fsp3) is 0.107. The number of para-hydroxylation sites is 4. The highest BCUT2D eigenvalue weighted by Crippen LogP contribution is 2.38. The van der Waals surface area contributed by atoms with Crippen LogP contribution in [0.5, 0.6) is 0 Å². The van der Waals surface area contributed by atoms with E-state index >= 15 is 0 Å². The van der Waals surface area contributed by atoms with E-state index in [1.54, 1.807) is 6.07 Å². The summed E-state index contributed by atoms with van der Waals surface area (Å²) in [4.78, 5) is 3.56. The molecule has 0 bridgehead atoms. The number of fused-ring (bicyclic) bond motifs is 6. The van der Waals surface area contributed by atoms with Crippen LogP contribution in [0.3, 0.4) is 0 Å². The first-order valence-electron chi connectivity index (χ1n) is 21.4. The molecule has 0 atom stereocenters. The number of halogens is 3. The lowest BCUT2D eigenvalue weighted by atomic mass is 9.79. The van der Waals surface area contributed by atoms with Gasteiger partial charge >= 0.3 is 7.12 Å². The maximum Gasteiger partial charge on any atom is 0.494 e. The maximum atomic E-state index is 8.51. The number of hydrogen-bond acceptors (Lipinski definition) is 3. The Hall–Kier alpha value is -5.99. The van der Waals surface area contributed by atoms with Gasteiger partial charge in [-0.05, 0) is 152 Å². The number of nitriles is 1. The Kier molecular flexibility index (Phi) is 12.8. The van der Waals surface area contributed by atoms with E-state index in [4.69, 9.17) is 21.1 Å². The Morgan fingerprint density at radius 3 is 1.39 bits per heavy atom. The van der Waals surface area contributed by atoms with Gasteiger partial charge in [0.15, 0.2) is 5.69 Å². The highest BCUT2D eigenvalue weighted by molar-refractivity contribution is 14.1. The highest BCUT2D eigenvalue weighted by Gasteiger charge is 2.51. The molecule has 10 heteroatoms. The average molecular weight is 1100 g/mol. The summed E-state index contributed by atoms with van der Waals surface area (Å²) in [5.74, 6) is 0. The Morgan fingerprint density at radius 1 is 0.545 bits per heavy atom. The summed E-state index contributed by atoms with van der Waals surface area (Å²) < 4.78 is 20.0. The minimum Gasteiger partial charge on any atom is -0.399 e. The second kappa shape index (κ2) is 18.7. The first-order valence-corrected chi connectivity index (χ1v) is 24.1. The van der Waals surface area contributed by atoms with Crippen molar-refractivity contribution < 1.29 is 9.31 Å². The minimum atomic E-state index is -0.336. The zero-order valence-corrected chi connectivity index (χ0v) is 42.0. The molecule has 11 rings (SSSR count). The summed E-state index contributed by atoms with van der Waals surface area (Å²) in [5.41, 5.74) is 10.9. The Balaban J connectivity index is 0.000000138. The lowest BCUT2D eigenvalue weighted by molar-refractivity contribution is 0.00578. The number of nitrogens with zero attached hydrogens (tertiary/aromatic N) is 4. The molecule has 3 heterocycles. The van der Waals surface area contributed by atoms with Crippen molar-refractivity contribution in [2.75, 3.05) is 0 Å². The predicted octanol–water partition coefficient (Wildman–Crippen LogP) is 15.8. The molecule has 1 saturated heterocycles. The van der Waals surface area contributed by atoms with Crippen LogP contribution >= 0.6 is 54.5 Å². The molecule has 0 spiro atoms. The van der Waals surface area contributed by atoms with Crippen LogP contribution < -0.4 is 5.46 Å². The third-order valence-electron chi connectivity index (χ3n) is 12.3. The zero-order valence-electron chi connectivity index (χ0n) is 36.6. The molecule has 1 aliphatic heterocycles. The van der Waals surface area contributed by atoms with Crippen molar-refractivity contribution in [2.45, 2.75) is 38.9 Å². The van der Waals surface area contributed by atoms with E-state index < -0.39 is 0 Å². The van der Waals surface area contributed by atoms with Crippen LogP contribution in [-0.4, -0.2) is 27.5 Å². The SMILES string of the molecule is CC1(C)OB(c2ccc(-n3c4ccccc4c4ccccc43)cc2)OC1(C)C.N#Cc1cc(Br)cc(I)c1.[C-]#[N+]c1cc(Br)cc(-c2ccc(-n3c4ccccc4c4ccccc43)cc2)c1. The summed E-state index contributed by atoms with van der Waals surface area (Å²) >= 11 is 8.98. The number of aromatic nitrogens is 2. The average Bonchev–Trinajstić information content (AvgIpc) is 3.92. The second-order valence-corrected chi connectivity index (χ2v) is 20.1. The molecule has 0 radical (unpaired) electrons. The van der Waals surface area contributed by atoms with Crippen molar-refractivity contribution in [3.63, 3.8) is 0 Å². The second-order valence-electron chi connectivity index (χ2n) is 17.0. The molecule has 6 nitrogen and oxygen atoms in total. The monoisotopic (exact) mass is 1100 g/mol. The highest BCUT2D eigenvalue weighted by atomic mass is 127. The van der Waals surface area contributed by atoms with Crippen molar-refractivity contribution >= 4 is 116 Å². The molecular formula is C56H42BBr2IN4O2. The molecule has 0 amide bonds. The van der Waals surface area contributed by atoms with Gasteiger partial charge in [0, 0.05) is 45.4 Å². The molecule has 0 N–H and O–H groups in total. The molecule has 8 aromatic carbocycles. The van der Waals surface area contributed by atoms with Crippen molar-refractivity contribution in [3.05, 3.63) is 211 Å². The van der Waals surface area contributed by atoms with Gasteiger partial charge in [-0.25, -0.2) is 4.85 Å². The van der Waals surface area contributed by atoms with Gasteiger partial charge in [0.25, 0.3) is 0 Å². The van der Waals surface area contributed by atoms with Crippen LogP contribution in [-0.2, 0) is 9.31 Å². The zero-order chi connectivity index (χ0) is 46.2. The van der Waals surface area contributed by atoms with Crippen LogP contribution in [0, 0.1) is 21.5 Å². The van der Waals surface area contributed by atoms with Crippen LogP contribution in [0.2, 0.25) is 0 Å². The standard InChI is InChI=1S/C25H15BrN2.C24H24BNO2.C7H3BrIN/c1-27-20-15-18(14-19(26)16-20)17-10-12-21(13-11-17)28-24-8-4-2-6-22(24)23-7-3-5-9-25(23)28;1-23(2)24(3,4)28-25(27-23)17-13-15-18(16-14-17)26-21-11-7-5-9-19(21)20-10-6-8-12-22(20)26;8-6-1-5(4-10)2-7(9)3-6/h2-16H;5-16H,1-4H3;1-3H. The van der Waals surface area contributed by atoms with Gasteiger partial charge in [-0.15, -0.1) is 0 Å². The summed E-state index contributed by atoms with van der Waals surface area (Å²) in [6, 6.07) is 64.7. The summed E-state index contributed by atoms with van der Waals surface area (Å²) in [5, 5.41) is 13.6. The van der Waals surface area contributed by atoms with Crippen molar-refractivity contribution in [3.8, 4) is 28.6 Å². The van der Waals surface area contributed by atoms with E-state index in [1.807, 2.05) is 30.3 Å². The van der Waals surface area contributed by atoms with Gasteiger partial charge in [-0.1, -0.05) is 129 Å². The van der Waals surface area contributed by atoms with E-state index in [-0.39, 0.29) is 18.3 Å². The topological polar surface area (TPSA) is 56.5 Å². The molecule has 0 unspecified atom stereocenters. The molecule has 66 heavy (non-hydrogen) atoms. The molecule has 0 aliphatic carbocycles. The molecule has 2 aromatic heterocycles. The van der Waals surface area contributed by atoms with E-state index in [1.165, 1.54) is 43.6 Å². The predicted molar refractivity (Wildman–Crippen MR) is 288 cm³/mol. The van der Waals surface area contributed by atoms with Crippen LogP contribution in [0.1, 0.15) is 33.3 Å². The van der Waals surface area contributed by atoms with E-state index in [0.717, 1.165) is 40.5 Å². The van der Waals surface area contributed by atoms with Crippen LogP contribution in [0.15, 0.2) is 191 Å². The quantitative estimate of drug-likeness (QED) is 0.100. The van der Waals surface area contributed by atoms with Crippen molar-refractivity contribution in [1.82, 2.24) is 9.13 Å². The van der Waals surface area contributed by atoms with E-state index in [9.17, 15) is 0 Å². The van der Waals surface area contributed by atoms with Gasteiger partial charge in [0.2, 0.25) is 0 Å². The Labute approximate surface area is 415 Å². The largest absolute Gasteiger partial charge is 0.494 e. The van der Waals surface area contributed by atoms with Crippen LogP contribution in [0.25, 0.3) is 71.0 Å². The van der Waals surface area contributed by atoms with E-state index in [0.29, 0.717) is 11.3 Å². The lowest BCUT2D eigenvalue weighted by Crippen LogP contribution is -2.41. The minimum absolute atomic E-state index is 0.330. The first-order chi connectivity index (χ1) is 31.8. The normalized spacial score (nSPS) is 13.7. The Morgan fingerprint density at radius 2 is 0.970 bits per heavy atom. The van der Waals surface area contributed by atoms with Gasteiger partial charge in [-0.2, -0.15) is 5.26 Å². The smallest absolute Gasteiger partial charge is 0.399 e.